The number of benzene rings is 2. The van der Waals surface area contributed by atoms with Crippen LogP contribution in [0.2, 0.25) is 0 Å². The van der Waals surface area contributed by atoms with Gasteiger partial charge in [-0.2, -0.15) is 8.42 Å². The molecule has 0 aliphatic rings. The Morgan fingerprint density at radius 3 is 1.57 bits per heavy atom. The van der Waals surface area contributed by atoms with Crippen LogP contribution in [0.3, 0.4) is 0 Å². The van der Waals surface area contributed by atoms with Gasteiger partial charge < -0.3 is 15.2 Å². The van der Waals surface area contributed by atoms with Crippen molar-refractivity contribution in [3.63, 3.8) is 0 Å². The van der Waals surface area contributed by atoms with Crippen molar-refractivity contribution in [2.75, 3.05) is 11.9 Å². The lowest BCUT2D eigenvalue weighted by molar-refractivity contribution is -0.118. The first-order valence-corrected chi connectivity index (χ1v) is 16.8. The molecule has 7 nitrogen and oxygen atoms in total. The van der Waals surface area contributed by atoms with Crippen LogP contribution in [0.25, 0.3) is 0 Å². The van der Waals surface area contributed by atoms with Gasteiger partial charge in [0.1, 0.15) is 0 Å². The third kappa shape index (κ3) is 9.46. The third-order valence-electron chi connectivity index (χ3n) is 7.81. The standard InChI is InChI=1S/C34H55N3O4S/c1-19(2)25-13-27(20(3)4)31(28(14-25)21(5)6)17-33(38)37-42(39,40)41-34-29(22(7)8)15-26(16-30(34)23(9)10)36-18-32(35)24(11)12/h13-16,19-24,32,36H,17-18,35H2,1-12H3,(H,37,38)/t32-/m1/s1. The number of hydrogen-bond donors (Lipinski definition) is 3. The largest absolute Gasteiger partial charge is 0.409 e. The molecule has 2 aromatic rings. The van der Waals surface area contributed by atoms with E-state index in [9.17, 15) is 13.2 Å². The Balaban J connectivity index is 2.43. The molecule has 0 aliphatic carbocycles. The van der Waals surface area contributed by atoms with Crippen molar-refractivity contribution in [2.24, 2.45) is 11.7 Å². The second-order valence-electron chi connectivity index (χ2n) is 13.5. The molecule has 8 heteroatoms. The molecule has 0 radical (unpaired) electrons. The van der Waals surface area contributed by atoms with Crippen LogP contribution in [0, 0.1) is 5.92 Å². The van der Waals surface area contributed by atoms with Crippen LogP contribution in [0.4, 0.5) is 5.69 Å². The van der Waals surface area contributed by atoms with Crippen LogP contribution in [-0.4, -0.2) is 26.9 Å². The number of rotatable bonds is 14. The molecule has 0 saturated carbocycles. The Labute approximate surface area is 255 Å². The van der Waals surface area contributed by atoms with E-state index in [4.69, 9.17) is 9.92 Å². The van der Waals surface area contributed by atoms with Crippen LogP contribution in [-0.2, 0) is 21.5 Å². The first kappa shape index (κ1) is 35.6. The number of nitrogens with one attached hydrogen (secondary N) is 2. The third-order valence-corrected chi connectivity index (χ3v) is 8.67. The summed E-state index contributed by atoms with van der Waals surface area (Å²) in [5.74, 6) is 0.638. The lowest BCUT2D eigenvalue weighted by Gasteiger charge is -2.24. The van der Waals surface area contributed by atoms with Gasteiger partial charge in [0, 0.05) is 29.4 Å². The zero-order valence-electron chi connectivity index (χ0n) is 27.9. The fraction of sp³-hybridized carbons (Fsp3) is 0.618. The van der Waals surface area contributed by atoms with E-state index in [1.807, 2.05) is 39.8 Å². The van der Waals surface area contributed by atoms with Crippen molar-refractivity contribution in [3.8, 4) is 5.75 Å². The molecule has 2 aromatic carbocycles. The van der Waals surface area contributed by atoms with Crippen LogP contribution in [0.1, 0.15) is 146 Å². The fourth-order valence-corrected chi connectivity index (χ4v) is 5.78. The van der Waals surface area contributed by atoms with Gasteiger partial charge in [0.15, 0.2) is 5.75 Å². The minimum Gasteiger partial charge on any atom is -0.383 e. The molecule has 1 amide bonds. The number of carbonyl (C=O) groups excluding carboxylic acids is 1. The SMILES string of the molecule is CC(C)c1cc(C(C)C)c(CC(=O)NS(=O)(=O)Oc2c(C(C)C)cc(NC[C@@H](N)C(C)C)cc2C(C)C)c(C(C)C)c1. The van der Waals surface area contributed by atoms with Crippen molar-refractivity contribution in [2.45, 2.75) is 125 Å². The fourth-order valence-electron chi connectivity index (χ4n) is 4.98. The smallest absolute Gasteiger partial charge is 0.383 e. The van der Waals surface area contributed by atoms with Gasteiger partial charge in [0.2, 0.25) is 5.91 Å². The monoisotopic (exact) mass is 601 g/mol. The zero-order chi connectivity index (χ0) is 32.1. The van der Waals surface area contributed by atoms with E-state index in [1.54, 1.807) is 0 Å². The predicted molar refractivity (Wildman–Crippen MR) is 176 cm³/mol. The Kier molecular flexibility index (Phi) is 12.5. The van der Waals surface area contributed by atoms with Crippen LogP contribution in [0.5, 0.6) is 5.75 Å². The summed E-state index contributed by atoms with van der Waals surface area (Å²) < 4.78 is 34.5. The number of amides is 1. The molecular weight excluding hydrogens is 546 g/mol. The van der Waals surface area contributed by atoms with Gasteiger partial charge in [-0.15, -0.1) is 0 Å². The van der Waals surface area contributed by atoms with Crippen molar-refractivity contribution in [3.05, 3.63) is 57.6 Å². The second kappa shape index (κ2) is 14.7. The van der Waals surface area contributed by atoms with E-state index >= 15 is 0 Å². The zero-order valence-corrected chi connectivity index (χ0v) is 28.7. The highest BCUT2D eigenvalue weighted by molar-refractivity contribution is 7.85. The summed E-state index contributed by atoms with van der Waals surface area (Å²) in [6.45, 7) is 25.4. The molecule has 0 heterocycles. The Morgan fingerprint density at radius 2 is 1.19 bits per heavy atom. The summed E-state index contributed by atoms with van der Waals surface area (Å²) in [6.07, 6.45) is -0.0466. The van der Waals surface area contributed by atoms with Gasteiger partial charge in [0.25, 0.3) is 0 Å². The maximum atomic E-state index is 13.3. The summed E-state index contributed by atoms with van der Waals surface area (Å²) in [5.41, 5.74) is 12.8. The van der Waals surface area contributed by atoms with E-state index in [-0.39, 0.29) is 41.9 Å². The summed E-state index contributed by atoms with van der Waals surface area (Å²) in [6, 6.07) is 8.12. The average Bonchev–Trinajstić information content (AvgIpc) is 2.86. The number of nitrogens with two attached hydrogens (primary N) is 1. The summed E-state index contributed by atoms with van der Waals surface area (Å²) in [5, 5.41) is 3.41. The quantitative estimate of drug-likeness (QED) is 0.205. The minimum atomic E-state index is -4.44. The first-order chi connectivity index (χ1) is 19.3. The van der Waals surface area contributed by atoms with Crippen molar-refractivity contribution >= 4 is 21.9 Å². The Hall–Kier alpha value is -2.58. The van der Waals surface area contributed by atoms with E-state index in [0.29, 0.717) is 18.4 Å². The van der Waals surface area contributed by atoms with Crippen molar-refractivity contribution in [1.82, 2.24) is 4.72 Å². The normalized spacial score (nSPS) is 13.1. The van der Waals surface area contributed by atoms with Crippen molar-refractivity contribution in [1.29, 1.82) is 0 Å². The number of hydrogen-bond acceptors (Lipinski definition) is 6. The average molecular weight is 602 g/mol. The Bertz CT molecular complexity index is 1270. The highest BCUT2D eigenvalue weighted by Crippen LogP contribution is 2.38. The maximum absolute atomic E-state index is 13.3. The summed E-state index contributed by atoms with van der Waals surface area (Å²) in [7, 11) is -4.44. The summed E-state index contributed by atoms with van der Waals surface area (Å²) >= 11 is 0. The van der Waals surface area contributed by atoms with Crippen LogP contribution >= 0.6 is 0 Å². The van der Waals surface area contributed by atoms with Crippen molar-refractivity contribution < 1.29 is 17.4 Å². The molecule has 42 heavy (non-hydrogen) atoms. The molecule has 0 fully saturated rings. The number of carbonyl (C=O) groups is 1. The van der Waals surface area contributed by atoms with Crippen LogP contribution < -0.4 is 20.0 Å². The van der Waals surface area contributed by atoms with E-state index < -0.39 is 16.2 Å². The highest BCUT2D eigenvalue weighted by atomic mass is 32.2. The maximum Gasteiger partial charge on any atom is 0.409 e. The molecule has 2 rings (SSSR count). The lowest BCUT2D eigenvalue weighted by atomic mass is 9.83. The molecule has 0 unspecified atom stereocenters. The van der Waals surface area contributed by atoms with Gasteiger partial charge in [-0.1, -0.05) is 95.2 Å². The molecule has 0 aromatic heterocycles. The molecule has 0 saturated heterocycles. The summed E-state index contributed by atoms with van der Waals surface area (Å²) in [4.78, 5) is 13.3. The molecule has 236 valence electrons. The van der Waals surface area contributed by atoms with Gasteiger partial charge >= 0.3 is 10.3 Å². The second-order valence-corrected chi connectivity index (χ2v) is 14.7. The molecule has 4 N–H and O–H groups in total. The molecule has 1 atom stereocenters. The van der Waals surface area contributed by atoms with Gasteiger partial charge in [-0.05, 0) is 69.9 Å². The number of anilines is 1. The molecule has 0 bridgehead atoms. The van der Waals surface area contributed by atoms with E-state index in [2.05, 4.69) is 77.6 Å². The first-order valence-electron chi connectivity index (χ1n) is 15.4. The Morgan fingerprint density at radius 1 is 0.738 bits per heavy atom. The highest BCUT2D eigenvalue weighted by Gasteiger charge is 2.26. The van der Waals surface area contributed by atoms with Gasteiger partial charge in [-0.25, -0.2) is 4.72 Å². The van der Waals surface area contributed by atoms with Crippen LogP contribution in [0.15, 0.2) is 24.3 Å². The molecule has 0 aliphatic heterocycles. The predicted octanol–water partition coefficient (Wildman–Crippen LogP) is 7.68. The topological polar surface area (TPSA) is 111 Å². The molecule has 0 spiro atoms. The van der Waals surface area contributed by atoms with E-state index in [0.717, 1.165) is 33.5 Å². The van der Waals surface area contributed by atoms with Gasteiger partial charge in [0.05, 0.1) is 6.42 Å². The van der Waals surface area contributed by atoms with E-state index in [1.165, 1.54) is 5.56 Å². The van der Waals surface area contributed by atoms with Gasteiger partial charge in [-0.3, -0.25) is 4.79 Å². The minimum absolute atomic E-state index is 0.0180. The molecular formula is C34H55N3O4S. The lowest BCUT2D eigenvalue weighted by Crippen LogP contribution is -2.36.